The van der Waals surface area contributed by atoms with Gasteiger partial charge in [-0.1, -0.05) is 0 Å². The van der Waals surface area contributed by atoms with Gasteiger partial charge >= 0.3 is 0 Å². The van der Waals surface area contributed by atoms with Crippen molar-refractivity contribution in [1.82, 2.24) is 4.90 Å². The summed E-state index contributed by atoms with van der Waals surface area (Å²) in [7, 11) is 0. The van der Waals surface area contributed by atoms with E-state index in [1.54, 1.807) is 0 Å². The number of aliphatic hydroxyl groups is 1. The minimum atomic E-state index is 0.269. The molecule has 0 aromatic rings. The first-order valence-corrected chi connectivity index (χ1v) is 8.64. The smallest absolute Gasteiger partial charge is 0.226 e. The van der Waals surface area contributed by atoms with E-state index in [1.807, 2.05) is 0 Å². The van der Waals surface area contributed by atoms with E-state index in [-0.39, 0.29) is 6.61 Å². The number of amides is 1. The number of carbonyl (C=O) groups is 1. The van der Waals surface area contributed by atoms with Gasteiger partial charge in [0.1, 0.15) is 0 Å². The SMILES string of the molecule is O=C(C1C2CC3CC(C2)CC1C3)N1CCC(CCO)C1. The summed E-state index contributed by atoms with van der Waals surface area (Å²) in [5.41, 5.74) is 0. The molecule has 5 aliphatic rings. The molecule has 4 saturated carbocycles. The van der Waals surface area contributed by atoms with Crippen molar-refractivity contribution in [1.29, 1.82) is 0 Å². The fourth-order valence-corrected chi connectivity index (χ4v) is 5.99. The molecule has 0 radical (unpaired) electrons. The van der Waals surface area contributed by atoms with Crippen LogP contribution in [-0.2, 0) is 4.79 Å². The predicted octanol–water partition coefficient (Wildman–Crippen LogP) is 2.29. The number of carbonyl (C=O) groups excluding carboxylic acids is 1. The minimum Gasteiger partial charge on any atom is -0.396 e. The Morgan fingerprint density at radius 3 is 2.30 bits per heavy atom. The van der Waals surface area contributed by atoms with E-state index < -0.39 is 0 Å². The molecule has 1 saturated heterocycles. The van der Waals surface area contributed by atoms with E-state index in [9.17, 15) is 4.79 Å². The molecule has 3 nitrogen and oxygen atoms in total. The number of aliphatic hydroxyl groups excluding tert-OH is 1. The number of hydrogen-bond acceptors (Lipinski definition) is 2. The van der Waals surface area contributed by atoms with Crippen molar-refractivity contribution in [3.05, 3.63) is 0 Å². The van der Waals surface area contributed by atoms with Gasteiger partial charge in [0.2, 0.25) is 5.91 Å². The Morgan fingerprint density at radius 1 is 1.05 bits per heavy atom. The summed E-state index contributed by atoms with van der Waals surface area (Å²) in [5, 5.41) is 9.06. The van der Waals surface area contributed by atoms with Gasteiger partial charge in [0.15, 0.2) is 0 Å². The van der Waals surface area contributed by atoms with Crippen molar-refractivity contribution in [2.45, 2.75) is 44.9 Å². The summed E-state index contributed by atoms with van der Waals surface area (Å²) in [5.74, 6) is 4.67. The maximum absolute atomic E-state index is 12.9. The van der Waals surface area contributed by atoms with Gasteiger partial charge in [0, 0.05) is 25.6 Å². The Labute approximate surface area is 121 Å². The summed E-state index contributed by atoms with van der Waals surface area (Å²) in [4.78, 5) is 15.1. The van der Waals surface area contributed by atoms with Gasteiger partial charge in [-0.2, -0.15) is 0 Å². The molecule has 4 aliphatic carbocycles. The minimum absolute atomic E-state index is 0.269. The Bertz CT molecular complexity index is 366. The largest absolute Gasteiger partial charge is 0.396 e. The van der Waals surface area contributed by atoms with Crippen LogP contribution in [0.1, 0.15) is 44.9 Å². The van der Waals surface area contributed by atoms with Crippen molar-refractivity contribution in [2.24, 2.45) is 35.5 Å². The first kappa shape index (κ1) is 13.1. The summed E-state index contributed by atoms with van der Waals surface area (Å²) >= 11 is 0. The molecule has 4 bridgehead atoms. The van der Waals surface area contributed by atoms with Crippen molar-refractivity contribution in [3.63, 3.8) is 0 Å². The van der Waals surface area contributed by atoms with E-state index in [2.05, 4.69) is 4.90 Å². The molecule has 20 heavy (non-hydrogen) atoms. The van der Waals surface area contributed by atoms with Gasteiger partial charge in [-0.25, -0.2) is 0 Å². The molecule has 1 unspecified atom stereocenters. The molecular formula is C17H27NO2. The standard InChI is InChI=1S/C17H27NO2/c19-4-2-11-1-3-18(10-11)17(20)16-14-6-12-5-13(8-14)9-15(16)7-12/h11-16,19H,1-10H2. The Balaban J connectivity index is 1.44. The second-order valence-corrected chi connectivity index (χ2v) is 7.91. The third-order valence-electron chi connectivity index (χ3n) is 6.65. The molecule has 5 rings (SSSR count). The number of rotatable bonds is 3. The van der Waals surface area contributed by atoms with Crippen LogP contribution >= 0.6 is 0 Å². The molecule has 3 heteroatoms. The summed E-state index contributed by atoms with van der Waals surface area (Å²) < 4.78 is 0. The highest BCUT2D eigenvalue weighted by Gasteiger charge is 2.51. The highest BCUT2D eigenvalue weighted by Crippen LogP contribution is 2.57. The topological polar surface area (TPSA) is 40.5 Å². The van der Waals surface area contributed by atoms with Crippen LogP contribution < -0.4 is 0 Å². The van der Waals surface area contributed by atoms with Crippen LogP contribution in [-0.4, -0.2) is 35.6 Å². The molecule has 1 aliphatic heterocycles. The highest BCUT2D eigenvalue weighted by atomic mass is 16.3. The molecule has 0 aromatic carbocycles. The fraction of sp³-hybridized carbons (Fsp3) is 0.941. The zero-order valence-corrected chi connectivity index (χ0v) is 12.3. The molecule has 0 spiro atoms. The van der Waals surface area contributed by atoms with Gasteiger partial charge < -0.3 is 10.0 Å². The maximum atomic E-state index is 12.9. The second kappa shape index (κ2) is 5.01. The van der Waals surface area contributed by atoms with Crippen LogP contribution in [0.3, 0.4) is 0 Å². The van der Waals surface area contributed by atoms with Crippen LogP contribution in [0, 0.1) is 35.5 Å². The molecule has 112 valence electrons. The molecule has 1 heterocycles. The van der Waals surface area contributed by atoms with Gasteiger partial charge in [0.25, 0.3) is 0 Å². The number of likely N-dealkylation sites (tertiary alicyclic amines) is 1. The third-order valence-corrected chi connectivity index (χ3v) is 6.65. The first-order valence-electron chi connectivity index (χ1n) is 8.64. The van der Waals surface area contributed by atoms with Crippen molar-refractivity contribution >= 4 is 5.91 Å². The molecule has 1 amide bonds. The Hall–Kier alpha value is -0.570. The fourth-order valence-electron chi connectivity index (χ4n) is 5.99. The predicted molar refractivity (Wildman–Crippen MR) is 76.9 cm³/mol. The Morgan fingerprint density at radius 2 is 1.70 bits per heavy atom. The molecular weight excluding hydrogens is 250 g/mol. The van der Waals surface area contributed by atoms with Gasteiger partial charge in [0.05, 0.1) is 0 Å². The van der Waals surface area contributed by atoms with E-state index in [4.69, 9.17) is 5.11 Å². The van der Waals surface area contributed by atoms with Crippen molar-refractivity contribution < 1.29 is 9.90 Å². The van der Waals surface area contributed by atoms with Crippen LogP contribution in [0.15, 0.2) is 0 Å². The van der Waals surface area contributed by atoms with Gasteiger partial charge in [-0.3, -0.25) is 4.79 Å². The molecule has 1 N–H and O–H groups in total. The van der Waals surface area contributed by atoms with Crippen LogP contribution in [0.4, 0.5) is 0 Å². The van der Waals surface area contributed by atoms with E-state index in [1.165, 1.54) is 32.1 Å². The summed E-state index contributed by atoms with van der Waals surface area (Å²) in [6.07, 6.45) is 8.74. The van der Waals surface area contributed by atoms with Crippen LogP contribution in [0.2, 0.25) is 0 Å². The molecule has 5 fully saturated rings. The Kier molecular flexibility index (Phi) is 3.29. The van der Waals surface area contributed by atoms with Crippen LogP contribution in [0.5, 0.6) is 0 Å². The number of hydrogen-bond donors (Lipinski definition) is 1. The molecule has 0 aromatic heterocycles. The zero-order chi connectivity index (χ0) is 13.7. The van der Waals surface area contributed by atoms with E-state index in [0.717, 1.165) is 37.8 Å². The van der Waals surface area contributed by atoms with E-state index in [0.29, 0.717) is 29.6 Å². The average molecular weight is 277 g/mol. The number of nitrogens with zero attached hydrogens (tertiary/aromatic N) is 1. The normalized spacial score (nSPS) is 46.1. The molecule has 1 atom stereocenters. The van der Waals surface area contributed by atoms with E-state index >= 15 is 0 Å². The zero-order valence-electron chi connectivity index (χ0n) is 12.3. The first-order chi connectivity index (χ1) is 9.74. The lowest BCUT2D eigenvalue weighted by atomic mass is 9.51. The summed E-state index contributed by atoms with van der Waals surface area (Å²) in [6, 6.07) is 0. The average Bonchev–Trinajstić information content (AvgIpc) is 2.86. The van der Waals surface area contributed by atoms with Gasteiger partial charge in [-0.15, -0.1) is 0 Å². The maximum Gasteiger partial charge on any atom is 0.226 e. The summed E-state index contributed by atoms with van der Waals surface area (Å²) in [6.45, 7) is 2.11. The van der Waals surface area contributed by atoms with Gasteiger partial charge in [-0.05, 0) is 74.5 Å². The highest BCUT2D eigenvalue weighted by molar-refractivity contribution is 5.80. The lowest BCUT2D eigenvalue weighted by Gasteiger charge is -2.54. The van der Waals surface area contributed by atoms with Crippen molar-refractivity contribution in [3.8, 4) is 0 Å². The van der Waals surface area contributed by atoms with Crippen LogP contribution in [0.25, 0.3) is 0 Å². The third kappa shape index (κ3) is 2.09. The lowest BCUT2D eigenvalue weighted by Crippen LogP contribution is -2.51. The quantitative estimate of drug-likeness (QED) is 0.860. The van der Waals surface area contributed by atoms with Crippen molar-refractivity contribution in [2.75, 3.05) is 19.7 Å². The monoisotopic (exact) mass is 277 g/mol. The lowest BCUT2D eigenvalue weighted by molar-refractivity contribution is -0.148. The second-order valence-electron chi connectivity index (χ2n) is 7.91.